The van der Waals surface area contributed by atoms with Crippen molar-refractivity contribution in [1.29, 1.82) is 0 Å². The second-order valence-electron chi connectivity index (χ2n) is 3.66. The predicted octanol–water partition coefficient (Wildman–Crippen LogP) is 1.83. The largest absolute Gasteiger partial charge is 0.465 e. The number of rotatable bonds is 3. The molecule has 1 atom stereocenters. The molecule has 1 aromatic rings. The van der Waals surface area contributed by atoms with E-state index in [1.165, 1.54) is 6.08 Å². The number of hydrogen-bond acceptors (Lipinski definition) is 3. The van der Waals surface area contributed by atoms with Gasteiger partial charge in [-0.3, -0.25) is 9.59 Å². The highest BCUT2D eigenvalue weighted by Crippen LogP contribution is 2.16. The molecule has 1 saturated heterocycles. The van der Waals surface area contributed by atoms with Gasteiger partial charge in [-0.1, -0.05) is 36.4 Å². The topological polar surface area (TPSA) is 43.4 Å². The van der Waals surface area contributed by atoms with Crippen LogP contribution in [0.5, 0.6) is 0 Å². The van der Waals surface area contributed by atoms with Crippen LogP contribution in [-0.4, -0.2) is 18.4 Å². The fraction of sp³-hybridized carbons (Fsp3) is 0.231. The van der Waals surface area contributed by atoms with Gasteiger partial charge in [-0.05, 0) is 11.6 Å². The Morgan fingerprint density at radius 2 is 2.06 bits per heavy atom. The van der Waals surface area contributed by atoms with Crippen LogP contribution in [0.3, 0.4) is 0 Å². The zero-order chi connectivity index (χ0) is 11.4. The summed E-state index contributed by atoms with van der Waals surface area (Å²) in [6.07, 6.45) is 3.66. The van der Waals surface area contributed by atoms with Crippen LogP contribution in [-0.2, 0) is 14.3 Å². The number of benzene rings is 1. The first-order valence-electron chi connectivity index (χ1n) is 5.21. The molecule has 1 fully saturated rings. The number of ether oxygens (including phenoxy) is 1. The lowest BCUT2D eigenvalue weighted by Crippen LogP contribution is -2.16. The van der Waals surface area contributed by atoms with Crippen molar-refractivity contribution in [1.82, 2.24) is 0 Å². The molecule has 0 radical (unpaired) electrons. The van der Waals surface area contributed by atoms with E-state index < -0.39 is 11.9 Å². The molecule has 0 spiro atoms. The number of hydrogen-bond donors (Lipinski definition) is 0. The third kappa shape index (κ3) is 2.37. The molecule has 1 aromatic carbocycles. The van der Waals surface area contributed by atoms with E-state index in [-0.39, 0.29) is 5.78 Å². The summed E-state index contributed by atoms with van der Waals surface area (Å²) in [5.74, 6) is -1.17. The highest BCUT2D eigenvalue weighted by molar-refractivity contribution is 6.07. The lowest BCUT2D eigenvalue weighted by molar-refractivity contribution is -0.143. The molecule has 0 aliphatic carbocycles. The standard InChI is InChI=1S/C13H12O3/c14-12(11-8-9-16-13(11)15)7-6-10-4-2-1-3-5-10/h1-7,11H,8-9H2. The molecule has 82 valence electrons. The number of allylic oxidation sites excluding steroid dienone is 1. The van der Waals surface area contributed by atoms with Gasteiger partial charge in [0, 0.05) is 6.42 Å². The molecule has 3 heteroatoms. The Morgan fingerprint density at radius 1 is 1.31 bits per heavy atom. The van der Waals surface area contributed by atoms with Crippen molar-refractivity contribution >= 4 is 17.8 Å². The summed E-state index contributed by atoms with van der Waals surface area (Å²) in [4.78, 5) is 22.8. The third-order valence-electron chi connectivity index (χ3n) is 2.52. The van der Waals surface area contributed by atoms with Gasteiger partial charge in [0.25, 0.3) is 0 Å². The van der Waals surface area contributed by atoms with Crippen LogP contribution in [0.25, 0.3) is 6.08 Å². The molecule has 0 N–H and O–H groups in total. The Kier molecular flexibility index (Phi) is 3.15. The zero-order valence-electron chi connectivity index (χ0n) is 8.76. The number of carbonyl (C=O) groups is 2. The SMILES string of the molecule is O=C(C=Cc1ccccc1)C1CCOC1=O. The van der Waals surface area contributed by atoms with Crippen molar-refractivity contribution in [3.63, 3.8) is 0 Å². The molecule has 0 amide bonds. The Labute approximate surface area is 93.7 Å². The van der Waals surface area contributed by atoms with Gasteiger partial charge in [0.1, 0.15) is 5.92 Å². The van der Waals surface area contributed by atoms with Gasteiger partial charge in [0.05, 0.1) is 6.61 Å². The van der Waals surface area contributed by atoms with E-state index in [1.807, 2.05) is 30.3 Å². The van der Waals surface area contributed by atoms with Gasteiger partial charge in [-0.15, -0.1) is 0 Å². The molecule has 1 heterocycles. The van der Waals surface area contributed by atoms with Crippen molar-refractivity contribution in [2.24, 2.45) is 5.92 Å². The van der Waals surface area contributed by atoms with E-state index >= 15 is 0 Å². The monoisotopic (exact) mass is 216 g/mol. The fourth-order valence-corrected chi connectivity index (χ4v) is 1.61. The number of ketones is 1. The molecule has 2 rings (SSSR count). The number of esters is 1. The van der Waals surface area contributed by atoms with Crippen molar-refractivity contribution in [3.05, 3.63) is 42.0 Å². The van der Waals surface area contributed by atoms with E-state index in [0.29, 0.717) is 13.0 Å². The third-order valence-corrected chi connectivity index (χ3v) is 2.52. The minimum atomic E-state index is -0.597. The van der Waals surface area contributed by atoms with Crippen LogP contribution < -0.4 is 0 Å². The summed E-state index contributed by atoms with van der Waals surface area (Å²) in [6, 6.07) is 9.50. The van der Waals surface area contributed by atoms with Crippen LogP contribution in [0.4, 0.5) is 0 Å². The maximum atomic E-state index is 11.6. The minimum Gasteiger partial charge on any atom is -0.465 e. The van der Waals surface area contributed by atoms with Gasteiger partial charge in [0.15, 0.2) is 5.78 Å². The minimum absolute atomic E-state index is 0.175. The summed E-state index contributed by atoms with van der Waals surface area (Å²) in [7, 11) is 0. The molecular formula is C13H12O3. The second-order valence-corrected chi connectivity index (χ2v) is 3.66. The molecule has 0 aromatic heterocycles. The van der Waals surface area contributed by atoms with Gasteiger partial charge >= 0.3 is 5.97 Å². The summed E-state index contributed by atoms with van der Waals surface area (Å²) in [5, 5.41) is 0. The highest BCUT2D eigenvalue weighted by atomic mass is 16.5. The van der Waals surface area contributed by atoms with E-state index in [2.05, 4.69) is 0 Å². The highest BCUT2D eigenvalue weighted by Gasteiger charge is 2.31. The number of carbonyl (C=O) groups excluding carboxylic acids is 2. The molecule has 3 nitrogen and oxygen atoms in total. The smallest absolute Gasteiger partial charge is 0.316 e. The van der Waals surface area contributed by atoms with E-state index in [0.717, 1.165) is 5.56 Å². The first-order valence-corrected chi connectivity index (χ1v) is 5.21. The number of cyclic esters (lactones) is 1. The Balaban J connectivity index is 2.02. The van der Waals surface area contributed by atoms with Crippen LogP contribution in [0.1, 0.15) is 12.0 Å². The maximum absolute atomic E-state index is 11.6. The summed E-state index contributed by atoms with van der Waals surface area (Å²) < 4.78 is 4.74. The second kappa shape index (κ2) is 4.75. The fourth-order valence-electron chi connectivity index (χ4n) is 1.61. The Hall–Kier alpha value is -1.90. The van der Waals surface area contributed by atoms with Crippen molar-refractivity contribution in [3.8, 4) is 0 Å². The van der Waals surface area contributed by atoms with E-state index in [1.54, 1.807) is 6.08 Å². The summed E-state index contributed by atoms with van der Waals surface area (Å²) in [6.45, 7) is 0.356. The molecule has 1 aliphatic heterocycles. The van der Waals surface area contributed by atoms with Gasteiger partial charge < -0.3 is 4.74 Å². The van der Waals surface area contributed by atoms with Crippen LogP contribution in [0, 0.1) is 5.92 Å². The summed E-state index contributed by atoms with van der Waals surface area (Å²) >= 11 is 0. The van der Waals surface area contributed by atoms with Crippen LogP contribution in [0.2, 0.25) is 0 Å². The lowest BCUT2D eigenvalue weighted by Gasteiger charge is -1.98. The normalized spacial score (nSPS) is 20.0. The Morgan fingerprint density at radius 3 is 2.69 bits per heavy atom. The predicted molar refractivity (Wildman–Crippen MR) is 59.5 cm³/mol. The molecule has 1 unspecified atom stereocenters. The van der Waals surface area contributed by atoms with Gasteiger partial charge in [-0.25, -0.2) is 0 Å². The lowest BCUT2D eigenvalue weighted by atomic mass is 10.0. The van der Waals surface area contributed by atoms with E-state index in [4.69, 9.17) is 4.74 Å². The molecule has 1 aliphatic rings. The van der Waals surface area contributed by atoms with Gasteiger partial charge in [-0.2, -0.15) is 0 Å². The molecule has 16 heavy (non-hydrogen) atoms. The van der Waals surface area contributed by atoms with Crippen molar-refractivity contribution in [2.45, 2.75) is 6.42 Å². The maximum Gasteiger partial charge on any atom is 0.316 e. The van der Waals surface area contributed by atoms with Crippen LogP contribution >= 0.6 is 0 Å². The first-order chi connectivity index (χ1) is 7.77. The van der Waals surface area contributed by atoms with Crippen molar-refractivity contribution in [2.75, 3.05) is 6.61 Å². The van der Waals surface area contributed by atoms with Gasteiger partial charge in [0.2, 0.25) is 0 Å². The average Bonchev–Trinajstić information content (AvgIpc) is 2.74. The molecule has 0 saturated carbocycles. The Bertz CT molecular complexity index is 420. The molecule has 0 bridgehead atoms. The first kappa shape index (κ1) is 10.6. The van der Waals surface area contributed by atoms with E-state index in [9.17, 15) is 9.59 Å². The zero-order valence-corrected chi connectivity index (χ0v) is 8.76. The molecular weight excluding hydrogens is 204 g/mol. The average molecular weight is 216 g/mol. The van der Waals surface area contributed by atoms with Crippen molar-refractivity contribution < 1.29 is 14.3 Å². The van der Waals surface area contributed by atoms with Crippen LogP contribution in [0.15, 0.2) is 36.4 Å². The quantitative estimate of drug-likeness (QED) is 0.440. The summed E-state index contributed by atoms with van der Waals surface area (Å²) in [5.41, 5.74) is 0.946.